The zero-order valence-electron chi connectivity index (χ0n) is 10.3. The van der Waals surface area contributed by atoms with Crippen LogP contribution in [-0.2, 0) is 10.0 Å². The molecule has 104 valence electrons. The lowest BCUT2D eigenvalue weighted by atomic mass is 10.2. The Morgan fingerprint density at radius 3 is 2.37 bits per heavy atom. The molecule has 0 spiro atoms. The monoisotopic (exact) mass is 320 g/mol. The number of rotatable bonds is 5. The molecule has 1 rings (SSSR count). The summed E-state index contributed by atoms with van der Waals surface area (Å²) in [6.07, 6.45) is 6.04. The summed E-state index contributed by atoms with van der Waals surface area (Å²) >= 11 is 11.8. The van der Waals surface area contributed by atoms with Gasteiger partial charge in [0.25, 0.3) is 0 Å². The maximum absolute atomic E-state index is 12.2. The molecule has 19 heavy (non-hydrogen) atoms. The van der Waals surface area contributed by atoms with E-state index < -0.39 is 10.0 Å². The van der Waals surface area contributed by atoms with Gasteiger partial charge in [-0.25, -0.2) is 13.1 Å². The first-order valence-electron chi connectivity index (χ1n) is 5.52. The predicted octanol–water partition coefficient (Wildman–Crippen LogP) is 2.66. The predicted molar refractivity (Wildman–Crippen MR) is 78.7 cm³/mol. The second-order valence-corrected chi connectivity index (χ2v) is 6.41. The number of nitrogens with one attached hydrogen (secondary N) is 1. The zero-order valence-corrected chi connectivity index (χ0v) is 12.6. The van der Waals surface area contributed by atoms with Crippen LogP contribution in [-0.4, -0.2) is 14.5 Å². The third kappa shape index (κ3) is 4.02. The maximum Gasteiger partial charge on any atom is 0.243 e. The van der Waals surface area contributed by atoms with Crippen LogP contribution in [0.4, 0.5) is 5.69 Å². The van der Waals surface area contributed by atoms with Crippen molar-refractivity contribution in [3.8, 4) is 12.3 Å². The van der Waals surface area contributed by atoms with E-state index in [0.717, 1.165) is 0 Å². The smallest absolute Gasteiger partial charge is 0.243 e. The molecule has 1 aromatic carbocycles. The second-order valence-electron chi connectivity index (χ2n) is 3.95. The van der Waals surface area contributed by atoms with Crippen molar-refractivity contribution in [1.82, 2.24) is 4.72 Å². The fourth-order valence-electron chi connectivity index (χ4n) is 1.53. The number of sulfonamides is 1. The van der Waals surface area contributed by atoms with Gasteiger partial charge in [-0.15, -0.1) is 12.3 Å². The number of benzene rings is 1. The Kier molecular flexibility index (Phi) is 5.50. The molecule has 0 aromatic heterocycles. The fraction of sp³-hybridized carbons (Fsp3) is 0.333. The summed E-state index contributed by atoms with van der Waals surface area (Å²) in [5.74, 6) is 2.42. The molecule has 0 saturated carbocycles. The molecule has 0 fully saturated rings. The molecule has 0 aliphatic rings. The Hall–Kier alpha value is -0.930. The van der Waals surface area contributed by atoms with Gasteiger partial charge in [-0.2, -0.15) is 0 Å². The SMILES string of the molecule is C#CCC(CC)NS(=O)(=O)c1c(Cl)cc(N)cc1Cl. The highest BCUT2D eigenvalue weighted by Crippen LogP contribution is 2.31. The van der Waals surface area contributed by atoms with Crippen molar-refractivity contribution in [2.45, 2.75) is 30.7 Å². The van der Waals surface area contributed by atoms with Crippen LogP contribution in [0.25, 0.3) is 0 Å². The molecular weight excluding hydrogens is 307 g/mol. The Bertz CT molecular complexity index is 586. The molecule has 0 amide bonds. The van der Waals surface area contributed by atoms with Crippen molar-refractivity contribution in [3.05, 3.63) is 22.2 Å². The van der Waals surface area contributed by atoms with Gasteiger partial charge in [0.1, 0.15) is 4.90 Å². The van der Waals surface area contributed by atoms with E-state index in [4.69, 9.17) is 35.4 Å². The van der Waals surface area contributed by atoms with Crippen LogP contribution in [0.1, 0.15) is 19.8 Å². The van der Waals surface area contributed by atoms with Crippen molar-refractivity contribution < 1.29 is 8.42 Å². The highest BCUT2D eigenvalue weighted by atomic mass is 35.5. The van der Waals surface area contributed by atoms with E-state index in [2.05, 4.69) is 10.6 Å². The van der Waals surface area contributed by atoms with Crippen LogP contribution >= 0.6 is 23.2 Å². The molecule has 1 unspecified atom stereocenters. The second kappa shape index (κ2) is 6.49. The number of anilines is 1. The Labute approximate surface area is 123 Å². The van der Waals surface area contributed by atoms with Gasteiger partial charge in [-0.05, 0) is 18.6 Å². The fourth-order valence-corrected chi connectivity index (χ4v) is 4.08. The number of nitrogens with two attached hydrogens (primary N) is 1. The topological polar surface area (TPSA) is 72.2 Å². The first-order valence-corrected chi connectivity index (χ1v) is 7.76. The number of hydrogen-bond donors (Lipinski definition) is 2. The maximum atomic E-state index is 12.2. The first-order chi connectivity index (χ1) is 8.81. The average molecular weight is 321 g/mol. The minimum Gasteiger partial charge on any atom is -0.399 e. The summed E-state index contributed by atoms with van der Waals surface area (Å²) < 4.78 is 27.0. The van der Waals surface area contributed by atoms with Crippen LogP contribution < -0.4 is 10.5 Å². The van der Waals surface area contributed by atoms with Gasteiger partial charge in [-0.1, -0.05) is 30.1 Å². The summed E-state index contributed by atoms with van der Waals surface area (Å²) in [5, 5.41) is -0.0406. The van der Waals surface area contributed by atoms with Gasteiger partial charge in [0.15, 0.2) is 0 Å². The van der Waals surface area contributed by atoms with Gasteiger partial charge >= 0.3 is 0 Å². The molecule has 1 aromatic rings. The highest BCUT2D eigenvalue weighted by Gasteiger charge is 2.24. The van der Waals surface area contributed by atoms with Crippen LogP contribution in [0.5, 0.6) is 0 Å². The van der Waals surface area contributed by atoms with Crippen molar-refractivity contribution in [2.75, 3.05) is 5.73 Å². The molecule has 0 saturated heterocycles. The van der Waals surface area contributed by atoms with Gasteiger partial charge in [0.2, 0.25) is 10.0 Å². The van der Waals surface area contributed by atoms with Crippen LogP contribution in [0, 0.1) is 12.3 Å². The van der Waals surface area contributed by atoms with E-state index in [1.54, 1.807) is 0 Å². The van der Waals surface area contributed by atoms with E-state index >= 15 is 0 Å². The molecule has 0 heterocycles. The Morgan fingerprint density at radius 2 is 1.95 bits per heavy atom. The number of nitrogen functional groups attached to an aromatic ring is 1. The minimum absolute atomic E-state index is 0.0203. The van der Waals surface area contributed by atoms with Crippen molar-refractivity contribution in [1.29, 1.82) is 0 Å². The number of halogens is 2. The molecule has 4 nitrogen and oxygen atoms in total. The molecule has 0 bridgehead atoms. The zero-order chi connectivity index (χ0) is 14.6. The van der Waals surface area contributed by atoms with E-state index in [-0.39, 0.29) is 21.0 Å². The molecule has 3 N–H and O–H groups in total. The molecule has 1 atom stereocenters. The lowest BCUT2D eigenvalue weighted by molar-refractivity contribution is 0.544. The Morgan fingerprint density at radius 1 is 1.42 bits per heavy atom. The Balaban J connectivity index is 3.18. The largest absolute Gasteiger partial charge is 0.399 e. The first kappa shape index (κ1) is 16.1. The minimum atomic E-state index is -3.84. The quantitative estimate of drug-likeness (QED) is 0.647. The third-order valence-electron chi connectivity index (χ3n) is 2.47. The summed E-state index contributed by atoms with van der Waals surface area (Å²) in [5.41, 5.74) is 5.83. The summed E-state index contributed by atoms with van der Waals surface area (Å²) in [6, 6.07) is 2.31. The van der Waals surface area contributed by atoms with E-state index in [0.29, 0.717) is 18.5 Å². The van der Waals surface area contributed by atoms with Crippen LogP contribution in [0.3, 0.4) is 0 Å². The lowest BCUT2D eigenvalue weighted by Gasteiger charge is -2.16. The van der Waals surface area contributed by atoms with E-state index in [1.807, 2.05) is 6.92 Å². The molecular formula is C12H14Cl2N2O2S. The third-order valence-corrected chi connectivity index (χ3v) is 4.91. The number of hydrogen-bond acceptors (Lipinski definition) is 3. The van der Waals surface area contributed by atoms with Crippen molar-refractivity contribution in [2.24, 2.45) is 0 Å². The normalized spacial score (nSPS) is 12.9. The van der Waals surface area contributed by atoms with Gasteiger partial charge in [0.05, 0.1) is 10.0 Å². The van der Waals surface area contributed by atoms with Crippen LogP contribution in [0.15, 0.2) is 17.0 Å². The molecule has 0 radical (unpaired) electrons. The van der Waals surface area contributed by atoms with E-state index in [1.165, 1.54) is 12.1 Å². The summed E-state index contributed by atoms with van der Waals surface area (Å²) in [4.78, 5) is -0.180. The lowest BCUT2D eigenvalue weighted by Crippen LogP contribution is -2.34. The van der Waals surface area contributed by atoms with E-state index in [9.17, 15) is 8.42 Å². The van der Waals surface area contributed by atoms with Gasteiger partial charge in [0, 0.05) is 18.2 Å². The molecule has 0 aliphatic carbocycles. The molecule has 7 heteroatoms. The highest BCUT2D eigenvalue weighted by molar-refractivity contribution is 7.89. The standard InChI is InChI=1S/C12H14Cl2N2O2S/c1-3-5-9(4-2)16-19(17,18)12-10(13)6-8(15)7-11(12)14/h1,6-7,9,16H,4-5,15H2,2H3. The van der Waals surface area contributed by atoms with Crippen molar-refractivity contribution >= 4 is 38.9 Å². The number of terminal acetylenes is 1. The van der Waals surface area contributed by atoms with Crippen LogP contribution in [0.2, 0.25) is 10.0 Å². The summed E-state index contributed by atoms with van der Waals surface area (Å²) in [6.45, 7) is 1.83. The van der Waals surface area contributed by atoms with Gasteiger partial charge < -0.3 is 5.73 Å². The van der Waals surface area contributed by atoms with Crippen molar-refractivity contribution in [3.63, 3.8) is 0 Å². The summed E-state index contributed by atoms with van der Waals surface area (Å²) in [7, 11) is -3.84. The van der Waals surface area contributed by atoms with Gasteiger partial charge in [-0.3, -0.25) is 0 Å². The average Bonchev–Trinajstić information content (AvgIpc) is 2.25. The molecule has 0 aliphatic heterocycles.